The van der Waals surface area contributed by atoms with Crippen molar-refractivity contribution < 1.29 is 9.47 Å². The summed E-state index contributed by atoms with van der Waals surface area (Å²) in [4.78, 5) is 0. The van der Waals surface area contributed by atoms with Crippen molar-refractivity contribution in [2.45, 2.75) is 19.4 Å². The van der Waals surface area contributed by atoms with Gasteiger partial charge in [0, 0.05) is 25.3 Å². The molecule has 0 aliphatic heterocycles. The van der Waals surface area contributed by atoms with Crippen LogP contribution in [0.1, 0.15) is 18.4 Å². The van der Waals surface area contributed by atoms with E-state index in [4.69, 9.17) is 21.1 Å². The zero-order valence-corrected chi connectivity index (χ0v) is 11.7. The van der Waals surface area contributed by atoms with Crippen LogP contribution in [0, 0.1) is 0 Å². The molecule has 0 amide bonds. The number of hydrogen-bond acceptors (Lipinski definition) is 3. The molecule has 1 rings (SSSR count). The lowest BCUT2D eigenvalue weighted by Crippen LogP contribution is -2.20. The Kier molecular flexibility index (Phi) is 8.86. The Morgan fingerprint density at radius 3 is 2.72 bits per heavy atom. The summed E-state index contributed by atoms with van der Waals surface area (Å²) in [7, 11) is 1.71. The van der Waals surface area contributed by atoms with Gasteiger partial charge in [0.1, 0.15) is 0 Å². The third-order valence-electron chi connectivity index (χ3n) is 2.59. The second kappa shape index (κ2) is 10.3. The van der Waals surface area contributed by atoms with E-state index in [0.29, 0.717) is 6.61 Å². The summed E-state index contributed by atoms with van der Waals surface area (Å²) in [6.07, 6.45) is 2.18. The van der Waals surface area contributed by atoms with Crippen LogP contribution < -0.4 is 5.32 Å². The smallest absolute Gasteiger partial charge is 0.0731 e. The summed E-state index contributed by atoms with van der Waals surface area (Å²) in [6.45, 7) is 4.06. The van der Waals surface area contributed by atoms with Crippen molar-refractivity contribution in [2.75, 3.05) is 33.4 Å². The predicted molar refractivity (Wildman–Crippen MR) is 75.1 cm³/mol. The van der Waals surface area contributed by atoms with Gasteiger partial charge in [-0.2, -0.15) is 0 Å². The van der Waals surface area contributed by atoms with Gasteiger partial charge in [0.25, 0.3) is 0 Å². The molecule has 0 fully saturated rings. The number of hydrogen-bond donors (Lipinski definition) is 1. The third kappa shape index (κ3) is 6.97. The molecule has 0 radical (unpaired) electrons. The van der Waals surface area contributed by atoms with Crippen LogP contribution in [0.25, 0.3) is 0 Å². The predicted octanol–water partition coefficient (Wildman–Crippen LogP) is 2.87. The van der Waals surface area contributed by atoms with Crippen LogP contribution in [0.15, 0.2) is 24.3 Å². The number of benzene rings is 1. The van der Waals surface area contributed by atoms with Crippen LogP contribution in [-0.2, 0) is 16.1 Å². The van der Waals surface area contributed by atoms with Crippen LogP contribution in [0.5, 0.6) is 0 Å². The first kappa shape index (κ1) is 15.4. The van der Waals surface area contributed by atoms with E-state index in [-0.39, 0.29) is 0 Å². The molecule has 0 atom stereocenters. The zero-order chi connectivity index (χ0) is 13.1. The molecule has 4 heteroatoms. The maximum atomic E-state index is 6.03. The van der Waals surface area contributed by atoms with Crippen molar-refractivity contribution in [3.8, 4) is 0 Å². The molecule has 0 bridgehead atoms. The quantitative estimate of drug-likeness (QED) is 0.664. The Balaban J connectivity index is 1.94. The molecular formula is C14H22ClNO2. The van der Waals surface area contributed by atoms with Gasteiger partial charge in [-0.3, -0.25) is 0 Å². The summed E-state index contributed by atoms with van der Waals surface area (Å²) < 4.78 is 10.5. The molecule has 1 aromatic carbocycles. The van der Waals surface area contributed by atoms with E-state index in [0.717, 1.165) is 49.7 Å². The molecule has 18 heavy (non-hydrogen) atoms. The van der Waals surface area contributed by atoms with Gasteiger partial charge in [-0.1, -0.05) is 29.8 Å². The number of halogens is 1. The number of unbranched alkanes of at least 4 members (excludes halogenated alkanes) is 1. The maximum Gasteiger partial charge on any atom is 0.0731 e. The lowest BCUT2D eigenvalue weighted by atomic mass is 10.2. The molecule has 0 heterocycles. The van der Waals surface area contributed by atoms with E-state index in [2.05, 4.69) is 5.32 Å². The van der Waals surface area contributed by atoms with E-state index in [1.165, 1.54) is 0 Å². The van der Waals surface area contributed by atoms with Crippen LogP contribution in [-0.4, -0.2) is 33.4 Å². The molecule has 0 aliphatic carbocycles. The normalized spacial score (nSPS) is 10.8. The molecule has 1 N–H and O–H groups in total. The van der Waals surface area contributed by atoms with E-state index in [1.54, 1.807) is 7.11 Å². The second-order valence-electron chi connectivity index (χ2n) is 4.09. The lowest BCUT2D eigenvalue weighted by molar-refractivity contribution is 0.117. The lowest BCUT2D eigenvalue weighted by Gasteiger charge is -2.06. The average molecular weight is 272 g/mol. The van der Waals surface area contributed by atoms with Crippen LogP contribution in [0.4, 0.5) is 0 Å². The summed E-state index contributed by atoms with van der Waals surface area (Å²) >= 11 is 6.03. The summed E-state index contributed by atoms with van der Waals surface area (Å²) in [5.41, 5.74) is 1.05. The topological polar surface area (TPSA) is 30.5 Å². The van der Waals surface area contributed by atoms with E-state index >= 15 is 0 Å². The van der Waals surface area contributed by atoms with Crippen molar-refractivity contribution >= 4 is 11.6 Å². The van der Waals surface area contributed by atoms with Gasteiger partial charge < -0.3 is 14.8 Å². The van der Waals surface area contributed by atoms with Crippen molar-refractivity contribution in [1.82, 2.24) is 5.32 Å². The first-order valence-electron chi connectivity index (χ1n) is 6.35. The zero-order valence-electron chi connectivity index (χ0n) is 11.0. The highest BCUT2D eigenvalue weighted by atomic mass is 35.5. The van der Waals surface area contributed by atoms with Crippen LogP contribution in [0.2, 0.25) is 5.02 Å². The molecule has 0 saturated heterocycles. The molecule has 3 nitrogen and oxygen atoms in total. The fourth-order valence-electron chi connectivity index (χ4n) is 1.55. The maximum absolute atomic E-state index is 6.03. The average Bonchev–Trinajstić information content (AvgIpc) is 2.39. The first-order valence-corrected chi connectivity index (χ1v) is 6.73. The highest BCUT2D eigenvalue weighted by molar-refractivity contribution is 6.31. The van der Waals surface area contributed by atoms with E-state index < -0.39 is 0 Å². The largest absolute Gasteiger partial charge is 0.383 e. The van der Waals surface area contributed by atoms with E-state index in [9.17, 15) is 0 Å². The fourth-order valence-corrected chi connectivity index (χ4v) is 1.74. The number of nitrogens with one attached hydrogen (secondary N) is 1. The minimum atomic E-state index is 0.594. The SMILES string of the molecule is COCCNCCCCOCc1ccccc1Cl. The van der Waals surface area contributed by atoms with Crippen molar-refractivity contribution in [2.24, 2.45) is 0 Å². The minimum Gasteiger partial charge on any atom is -0.383 e. The van der Waals surface area contributed by atoms with Crippen molar-refractivity contribution in [1.29, 1.82) is 0 Å². The van der Waals surface area contributed by atoms with Crippen molar-refractivity contribution in [3.05, 3.63) is 34.9 Å². The molecule has 102 valence electrons. The molecule has 0 saturated carbocycles. The Hall–Kier alpha value is -0.610. The Morgan fingerprint density at radius 2 is 1.94 bits per heavy atom. The highest BCUT2D eigenvalue weighted by Crippen LogP contribution is 2.15. The van der Waals surface area contributed by atoms with Gasteiger partial charge in [-0.15, -0.1) is 0 Å². The van der Waals surface area contributed by atoms with Gasteiger partial charge >= 0.3 is 0 Å². The molecule has 0 unspecified atom stereocenters. The van der Waals surface area contributed by atoms with Gasteiger partial charge in [-0.25, -0.2) is 0 Å². The number of rotatable bonds is 10. The second-order valence-corrected chi connectivity index (χ2v) is 4.50. The van der Waals surface area contributed by atoms with Gasteiger partial charge in [0.05, 0.1) is 13.2 Å². The Labute approximate surface area is 114 Å². The van der Waals surface area contributed by atoms with Gasteiger partial charge in [0.15, 0.2) is 0 Å². The van der Waals surface area contributed by atoms with Crippen LogP contribution in [0.3, 0.4) is 0 Å². The standard InChI is InChI=1S/C14H22ClNO2/c1-17-11-9-16-8-4-5-10-18-12-13-6-2-3-7-14(13)15/h2-3,6-7,16H,4-5,8-12H2,1H3. The number of ether oxygens (including phenoxy) is 2. The highest BCUT2D eigenvalue weighted by Gasteiger charge is 1.98. The molecule has 0 spiro atoms. The van der Waals surface area contributed by atoms with Gasteiger partial charge in [0.2, 0.25) is 0 Å². The Morgan fingerprint density at radius 1 is 1.11 bits per heavy atom. The van der Waals surface area contributed by atoms with E-state index in [1.807, 2.05) is 24.3 Å². The first-order chi connectivity index (χ1) is 8.84. The molecule has 0 aromatic heterocycles. The minimum absolute atomic E-state index is 0.594. The Bertz CT molecular complexity index is 320. The van der Waals surface area contributed by atoms with Crippen molar-refractivity contribution in [3.63, 3.8) is 0 Å². The fraction of sp³-hybridized carbons (Fsp3) is 0.571. The molecular weight excluding hydrogens is 250 g/mol. The number of methoxy groups -OCH3 is 1. The van der Waals surface area contributed by atoms with Gasteiger partial charge in [-0.05, 0) is 31.0 Å². The monoisotopic (exact) mass is 271 g/mol. The molecule has 0 aliphatic rings. The summed E-state index contributed by atoms with van der Waals surface area (Å²) in [5.74, 6) is 0. The van der Waals surface area contributed by atoms with Crippen LogP contribution >= 0.6 is 11.6 Å². The summed E-state index contributed by atoms with van der Waals surface area (Å²) in [5, 5.41) is 4.08. The molecule has 1 aromatic rings. The summed E-state index contributed by atoms with van der Waals surface area (Å²) in [6, 6.07) is 7.79. The third-order valence-corrected chi connectivity index (χ3v) is 2.96.